The molecule has 120 valence electrons. The molecule has 0 aliphatic heterocycles. The molecule has 8 nitrogen and oxygen atoms in total. The van der Waals surface area contributed by atoms with Crippen LogP contribution in [-0.2, 0) is 14.4 Å². The van der Waals surface area contributed by atoms with Crippen LogP contribution < -0.4 is 0 Å². The number of hydrogen-bond donors (Lipinski definition) is 4. The van der Waals surface area contributed by atoms with E-state index in [1.54, 1.807) is 30.3 Å². The summed E-state index contributed by atoms with van der Waals surface area (Å²) in [5.41, 5.74) is 0.362. The molecule has 4 N–H and O–H groups in total. The van der Waals surface area contributed by atoms with Gasteiger partial charge in [-0.2, -0.15) is 0 Å². The lowest BCUT2D eigenvalue weighted by molar-refractivity contribution is -0.151. The first-order chi connectivity index (χ1) is 10.3. The van der Waals surface area contributed by atoms with Crippen molar-refractivity contribution < 1.29 is 34.8 Å². The first-order valence-electron chi connectivity index (χ1n) is 6.43. The lowest BCUT2D eigenvalue weighted by Gasteiger charge is -2.25. The van der Waals surface area contributed by atoms with E-state index in [1.807, 2.05) is 0 Å². The first-order valence-corrected chi connectivity index (χ1v) is 6.43. The van der Waals surface area contributed by atoms with Crippen molar-refractivity contribution in [1.82, 2.24) is 4.90 Å². The maximum atomic E-state index is 11.3. The maximum absolute atomic E-state index is 11.3. The third kappa shape index (κ3) is 5.51. The summed E-state index contributed by atoms with van der Waals surface area (Å²) in [5, 5.41) is 36.9. The molecule has 0 fully saturated rings. The van der Waals surface area contributed by atoms with Gasteiger partial charge in [-0.15, -0.1) is 0 Å². The number of aliphatic hydroxyl groups is 1. The smallest absolute Gasteiger partial charge is 0.317 e. The highest BCUT2D eigenvalue weighted by molar-refractivity contribution is 5.74. The molecule has 0 aromatic heterocycles. The Morgan fingerprint density at radius 2 is 1.45 bits per heavy atom. The largest absolute Gasteiger partial charge is 0.481 e. The Labute approximate surface area is 126 Å². The van der Waals surface area contributed by atoms with Crippen LogP contribution in [0.5, 0.6) is 0 Å². The lowest BCUT2D eigenvalue weighted by atomic mass is 9.95. The molecule has 1 rings (SSSR count). The molecule has 1 aromatic carbocycles. The van der Waals surface area contributed by atoms with Gasteiger partial charge in [0.15, 0.2) is 0 Å². The normalized spacial score (nSPS) is 13.5. The van der Waals surface area contributed by atoms with Crippen molar-refractivity contribution in [3.05, 3.63) is 35.9 Å². The Kier molecular flexibility index (Phi) is 6.48. The Bertz CT molecular complexity index is 515. The second kappa shape index (κ2) is 8.11. The van der Waals surface area contributed by atoms with Gasteiger partial charge in [-0.3, -0.25) is 19.3 Å². The average molecular weight is 311 g/mol. The van der Waals surface area contributed by atoms with Crippen molar-refractivity contribution >= 4 is 17.9 Å². The summed E-state index contributed by atoms with van der Waals surface area (Å²) in [5.74, 6) is -5.24. The fourth-order valence-corrected chi connectivity index (χ4v) is 2.04. The van der Waals surface area contributed by atoms with Crippen LogP contribution in [0.1, 0.15) is 11.7 Å². The van der Waals surface area contributed by atoms with Gasteiger partial charge in [-0.1, -0.05) is 30.3 Å². The van der Waals surface area contributed by atoms with Crippen LogP contribution in [0, 0.1) is 5.92 Å². The number of carboxylic acid groups (broad SMARTS) is 3. The summed E-state index contributed by atoms with van der Waals surface area (Å²) in [6, 6.07) is 8.04. The van der Waals surface area contributed by atoms with E-state index >= 15 is 0 Å². The molecule has 0 bridgehead atoms. The SMILES string of the molecule is O=C(O)CN(CC(=O)O)CC(C(=O)O)C(O)c1ccccc1. The van der Waals surface area contributed by atoms with E-state index in [1.165, 1.54) is 0 Å². The molecular formula is C14H17NO7. The summed E-state index contributed by atoms with van der Waals surface area (Å²) in [6.07, 6.45) is -1.37. The highest BCUT2D eigenvalue weighted by Gasteiger charge is 2.31. The first kappa shape index (κ1) is 17.6. The molecular weight excluding hydrogens is 294 g/mol. The summed E-state index contributed by atoms with van der Waals surface area (Å²) in [7, 11) is 0. The van der Waals surface area contributed by atoms with Crippen LogP contribution in [0.2, 0.25) is 0 Å². The van der Waals surface area contributed by atoms with Crippen LogP contribution in [0.3, 0.4) is 0 Å². The molecule has 0 aliphatic rings. The summed E-state index contributed by atoms with van der Waals surface area (Å²) in [6.45, 7) is -1.65. The fourth-order valence-electron chi connectivity index (χ4n) is 2.04. The van der Waals surface area contributed by atoms with Crippen molar-refractivity contribution in [2.45, 2.75) is 6.10 Å². The lowest BCUT2D eigenvalue weighted by Crippen LogP contribution is -2.41. The highest BCUT2D eigenvalue weighted by Crippen LogP contribution is 2.23. The molecule has 8 heteroatoms. The standard InChI is InChI=1S/C14H17NO7/c16-11(17)7-15(8-12(18)19)6-10(14(21)22)13(20)9-4-2-1-3-5-9/h1-5,10,13,20H,6-8H2,(H,16,17)(H,18,19)(H,21,22). The zero-order valence-corrected chi connectivity index (χ0v) is 11.6. The number of rotatable bonds is 9. The number of carbonyl (C=O) groups is 3. The minimum absolute atomic E-state index is 0.362. The number of benzene rings is 1. The van der Waals surface area contributed by atoms with Crippen molar-refractivity contribution in [3.63, 3.8) is 0 Å². The minimum Gasteiger partial charge on any atom is -0.481 e. The number of aliphatic carboxylic acids is 3. The van der Waals surface area contributed by atoms with E-state index < -0.39 is 49.6 Å². The minimum atomic E-state index is -1.37. The molecule has 2 unspecified atom stereocenters. The fraction of sp³-hybridized carbons (Fsp3) is 0.357. The number of carboxylic acids is 3. The summed E-state index contributed by atoms with van der Waals surface area (Å²) < 4.78 is 0. The Morgan fingerprint density at radius 1 is 0.955 bits per heavy atom. The van der Waals surface area contributed by atoms with Gasteiger partial charge < -0.3 is 20.4 Å². The molecule has 0 heterocycles. The third-order valence-corrected chi connectivity index (χ3v) is 3.01. The van der Waals surface area contributed by atoms with E-state index in [2.05, 4.69) is 0 Å². The van der Waals surface area contributed by atoms with E-state index in [9.17, 15) is 24.6 Å². The van der Waals surface area contributed by atoms with Crippen LogP contribution >= 0.6 is 0 Å². The van der Waals surface area contributed by atoms with E-state index in [0.29, 0.717) is 5.56 Å². The van der Waals surface area contributed by atoms with Crippen LogP contribution in [0.25, 0.3) is 0 Å². The van der Waals surface area contributed by atoms with E-state index in [4.69, 9.17) is 10.2 Å². The molecule has 0 amide bonds. The Balaban J connectivity index is 2.91. The molecule has 0 saturated heterocycles. The van der Waals surface area contributed by atoms with Crippen molar-refractivity contribution in [2.75, 3.05) is 19.6 Å². The predicted molar refractivity (Wildman–Crippen MR) is 74.2 cm³/mol. The second-order valence-electron chi connectivity index (χ2n) is 4.76. The third-order valence-electron chi connectivity index (χ3n) is 3.01. The number of aliphatic hydroxyl groups excluding tert-OH is 1. The van der Waals surface area contributed by atoms with Crippen molar-refractivity contribution in [3.8, 4) is 0 Å². The summed E-state index contributed by atoms with van der Waals surface area (Å²) >= 11 is 0. The Hall–Kier alpha value is -2.45. The second-order valence-corrected chi connectivity index (χ2v) is 4.76. The molecule has 2 atom stereocenters. The number of nitrogens with zero attached hydrogens (tertiary/aromatic N) is 1. The molecule has 22 heavy (non-hydrogen) atoms. The van der Waals surface area contributed by atoms with Crippen molar-refractivity contribution in [2.24, 2.45) is 5.92 Å². The van der Waals surface area contributed by atoms with Gasteiger partial charge in [0.2, 0.25) is 0 Å². The molecule has 0 saturated carbocycles. The van der Waals surface area contributed by atoms with Gasteiger partial charge in [0.1, 0.15) is 0 Å². The highest BCUT2D eigenvalue weighted by atomic mass is 16.4. The topological polar surface area (TPSA) is 135 Å². The zero-order valence-electron chi connectivity index (χ0n) is 11.6. The van der Waals surface area contributed by atoms with Gasteiger partial charge >= 0.3 is 17.9 Å². The quantitative estimate of drug-likeness (QED) is 0.496. The zero-order chi connectivity index (χ0) is 16.7. The van der Waals surface area contributed by atoms with Crippen LogP contribution in [0.15, 0.2) is 30.3 Å². The van der Waals surface area contributed by atoms with Crippen LogP contribution in [-0.4, -0.2) is 62.9 Å². The van der Waals surface area contributed by atoms with Gasteiger partial charge in [0.25, 0.3) is 0 Å². The molecule has 0 aliphatic carbocycles. The van der Waals surface area contributed by atoms with Crippen LogP contribution in [0.4, 0.5) is 0 Å². The molecule has 0 spiro atoms. The Morgan fingerprint density at radius 3 is 1.86 bits per heavy atom. The van der Waals surface area contributed by atoms with E-state index in [0.717, 1.165) is 4.90 Å². The van der Waals surface area contributed by atoms with E-state index in [-0.39, 0.29) is 0 Å². The van der Waals surface area contributed by atoms with Gasteiger partial charge in [-0.05, 0) is 5.56 Å². The van der Waals surface area contributed by atoms with Gasteiger partial charge in [0, 0.05) is 6.54 Å². The summed E-state index contributed by atoms with van der Waals surface area (Å²) in [4.78, 5) is 33.8. The monoisotopic (exact) mass is 311 g/mol. The van der Waals surface area contributed by atoms with Crippen molar-refractivity contribution in [1.29, 1.82) is 0 Å². The molecule has 1 aromatic rings. The number of hydrogen-bond acceptors (Lipinski definition) is 5. The average Bonchev–Trinajstić information content (AvgIpc) is 2.43. The molecule has 0 radical (unpaired) electrons. The van der Waals surface area contributed by atoms with Gasteiger partial charge in [-0.25, -0.2) is 0 Å². The maximum Gasteiger partial charge on any atom is 0.317 e. The van der Waals surface area contributed by atoms with Gasteiger partial charge in [0.05, 0.1) is 25.1 Å². The predicted octanol–water partition coefficient (Wildman–Crippen LogP) is -0.108.